The summed E-state index contributed by atoms with van der Waals surface area (Å²) in [7, 11) is -0.661. The first kappa shape index (κ1) is 14.7. The number of hydrogen-bond donors (Lipinski definition) is 3. The molecule has 0 radical (unpaired) electrons. The summed E-state index contributed by atoms with van der Waals surface area (Å²) in [6, 6.07) is 1.28. The van der Waals surface area contributed by atoms with Crippen molar-refractivity contribution < 1.29 is 18.3 Å². The minimum absolute atomic E-state index is 0.00995. The van der Waals surface area contributed by atoms with Gasteiger partial charge < -0.3 is 15.0 Å². The number of rotatable bonds is 5. The Labute approximate surface area is 106 Å². The summed E-state index contributed by atoms with van der Waals surface area (Å²) in [4.78, 5) is 11.4. The molecule has 1 aromatic heterocycles. The number of aliphatic hydroxyl groups excluding tert-OH is 1. The van der Waals surface area contributed by atoms with Gasteiger partial charge in [0.1, 0.15) is 10.6 Å². The van der Waals surface area contributed by atoms with E-state index < -0.39 is 16.1 Å². The average Bonchev–Trinajstić information content (AvgIpc) is 2.68. The van der Waals surface area contributed by atoms with Crippen LogP contribution < -0.4 is 10.0 Å². The van der Waals surface area contributed by atoms with Gasteiger partial charge in [0.15, 0.2) is 0 Å². The molecule has 1 aromatic rings. The molecule has 0 aromatic carbocycles. The molecule has 0 aliphatic rings. The number of amides is 1. The molecule has 0 unspecified atom stereocenters. The SMILES string of the molecule is CNC(=O)c1cc(S(=O)(=O)NC[C@H](C)O)cn1C. The fourth-order valence-corrected chi connectivity index (χ4v) is 2.54. The van der Waals surface area contributed by atoms with Gasteiger partial charge in [0.2, 0.25) is 10.0 Å². The molecular formula is C10H17N3O4S. The number of aliphatic hydroxyl groups is 1. The van der Waals surface area contributed by atoms with Gasteiger partial charge in [-0.25, -0.2) is 13.1 Å². The van der Waals surface area contributed by atoms with Crippen LogP contribution in [0.5, 0.6) is 0 Å². The highest BCUT2D eigenvalue weighted by molar-refractivity contribution is 7.89. The Hall–Kier alpha value is -1.38. The molecule has 0 saturated carbocycles. The summed E-state index contributed by atoms with van der Waals surface area (Å²) in [5, 5.41) is 11.5. The first-order valence-electron chi connectivity index (χ1n) is 5.34. The Morgan fingerprint density at radius 1 is 1.56 bits per heavy atom. The fourth-order valence-electron chi connectivity index (χ4n) is 1.35. The minimum Gasteiger partial charge on any atom is -0.392 e. The second-order valence-corrected chi connectivity index (χ2v) is 5.72. The fraction of sp³-hybridized carbons (Fsp3) is 0.500. The maximum atomic E-state index is 11.8. The van der Waals surface area contributed by atoms with Crippen molar-refractivity contribution in [1.82, 2.24) is 14.6 Å². The topological polar surface area (TPSA) is 100 Å². The molecule has 1 amide bonds. The monoisotopic (exact) mass is 275 g/mol. The Bertz CT molecular complexity index is 533. The molecular weight excluding hydrogens is 258 g/mol. The van der Waals surface area contributed by atoms with Crippen LogP contribution in [0.1, 0.15) is 17.4 Å². The van der Waals surface area contributed by atoms with Gasteiger partial charge in [0.25, 0.3) is 5.91 Å². The Balaban J connectivity index is 3.00. The van der Waals surface area contributed by atoms with Gasteiger partial charge in [-0.2, -0.15) is 0 Å². The van der Waals surface area contributed by atoms with Crippen molar-refractivity contribution in [1.29, 1.82) is 0 Å². The number of aryl methyl sites for hydroxylation is 1. The van der Waals surface area contributed by atoms with Crippen molar-refractivity contribution in [2.24, 2.45) is 7.05 Å². The van der Waals surface area contributed by atoms with Crippen molar-refractivity contribution in [2.75, 3.05) is 13.6 Å². The summed E-state index contributed by atoms with van der Waals surface area (Å²) in [6.45, 7) is 1.40. The first-order chi connectivity index (χ1) is 8.27. The van der Waals surface area contributed by atoms with Gasteiger partial charge in [-0.1, -0.05) is 0 Å². The van der Waals surface area contributed by atoms with E-state index in [1.54, 1.807) is 7.05 Å². The smallest absolute Gasteiger partial charge is 0.267 e. The maximum Gasteiger partial charge on any atom is 0.267 e. The first-order valence-corrected chi connectivity index (χ1v) is 6.82. The summed E-state index contributed by atoms with van der Waals surface area (Å²) in [6.07, 6.45) is 0.566. The highest BCUT2D eigenvalue weighted by atomic mass is 32.2. The van der Waals surface area contributed by atoms with Gasteiger partial charge in [-0.15, -0.1) is 0 Å². The van der Waals surface area contributed by atoms with Crippen molar-refractivity contribution in [2.45, 2.75) is 17.9 Å². The third-order valence-corrected chi connectivity index (χ3v) is 3.71. The number of hydrogen-bond acceptors (Lipinski definition) is 4. The van der Waals surface area contributed by atoms with Crippen LogP contribution in [0.4, 0.5) is 0 Å². The van der Waals surface area contributed by atoms with E-state index in [-0.39, 0.29) is 23.0 Å². The number of carbonyl (C=O) groups excluding carboxylic acids is 1. The molecule has 0 aliphatic heterocycles. The van der Waals surface area contributed by atoms with E-state index in [2.05, 4.69) is 10.0 Å². The van der Waals surface area contributed by atoms with Crippen molar-refractivity contribution >= 4 is 15.9 Å². The molecule has 1 heterocycles. The van der Waals surface area contributed by atoms with E-state index in [0.717, 1.165) is 0 Å². The van der Waals surface area contributed by atoms with Gasteiger partial charge in [0.05, 0.1) is 6.10 Å². The molecule has 0 bridgehead atoms. The number of aromatic nitrogens is 1. The number of carbonyl (C=O) groups is 1. The zero-order valence-corrected chi connectivity index (χ0v) is 11.3. The standard InChI is InChI=1S/C10H17N3O4S/c1-7(14)5-12-18(16,17)8-4-9(10(15)11-2)13(3)6-8/h4,6-7,12,14H,5H2,1-3H3,(H,11,15)/t7-/m0/s1. The maximum absolute atomic E-state index is 11.8. The number of sulfonamides is 1. The molecule has 3 N–H and O–H groups in total. The minimum atomic E-state index is -3.71. The predicted molar refractivity (Wildman–Crippen MR) is 65.7 cm³/mol. The van der Waals surface area contributed by atoms with Crippen LogP contribution in [0.2, 0.25) is 0 Å². The van der Waals surface area contributed by atoms with E-state index in [1.165, 1.54) is 30.8 Å². The van der Waals surface area contributed by atoms with Crippen LogP contribution in [0.25, 0.3) is 0 Å². The van der Waals surface area contributed by atoms with Crippen molar-refractivity contribution in [3.8, 4) is 0 Å². The van der Waals surface area contributed by atoms with Crippen LogP contribution in [0.3, 0.4) is 0 Å². The summed E-state index contributed by atoms with van der Waals surface area (Å²) in [5.74, 6) is -0.366. The molecule has 0 fully saturated rings. The second kappa shape index (κ2) is 5.51. The molecule has 0 saturated heterocycles. The lowest BCUT2D eigenvalue weighted by atomic mass is 10.4. The summed E-state index contributed by atoms with van der Waals surface area (Å²) in [5.41, 5.74) is 0.245. The highest BCUT2D eigenvalue weighted by Crippen LogP contribution is 2.13. The second-order valence-electron chi connectivity index (χ2n) is 3.95. The van der Waals surface area contributed by atoms with Gasteiger partial charge in [-0.05, 0) is 13.0 Å². The lowest BCUT2D eigenvalue weighted by Crippen LogP contribution is -2.30. The van der Waals surface area contributed by atoms with Crippen LogP contribution in [-0.4, -0.2) is 43.7 Å². The molecule has 18 heavy (non-hydrogen) atoms. The Morgan fingerprint density at radius 3 is 2.67 bits per heavy atom. The van der Waals surface area contributed by atoms with Crippen molar-refractivity contribution in [3.05, 3.63) is 18.0 Å². The van der Waals surface area contributed by atoms with Crippen molar-refractivity contribution in [3.63, 3.8) is 0 Å². The lowest BCUT2D eigenvalue weighted by molar-refractivity contribution is 0.0955. The molecule has 102 valence electrons. The molecule has 0 aliphatic carbocycles. The van der Waals surface area contributed by atoms with Gasteiger partial charge >= 0.3 is 0 Å². The quantitative estimate of drug-likeness (QED) is 0.644. The molecule has 1 atom stereocenters. The van der Waals surface area contributed by atoms with Crippen LogP contribution in [0.15, 0.2) is 17.2 Å². The molecule has 8 heteroatoms. The third-order valence-electron chi connectivity index (χ3n) is 2.32. The zero-order valence-electron chi connectivity index (χ0n) is 10.5. The summed E-state index contributed by atoms with van der Waals surface area (Å²) < 4.78 is 27.4. The summed E-state index contributed by atoms with van der Waals surface area (Å²) >= 11 is 0. The predicted octanol–water partition coefficient (Wildman–Crippen LogP) is -0.956. The van der Waals surface area contributed by atoms with Crippen LogP contribution in [0, 0.1) is 0 Å². The van der Waals surface area contributed by atoms with Gasteiger partial charge in [-0.3, -0.25) is 4.79 Å². The zero-order chi connectivity index (χ0) is 13.9. The van der Waals surface area contributed by atoms with Crippen LogP contribution >= 0.6 is 0 Å². The third kappa shape index (κ3) is 3.31. The highest BCUT2D eigenvalue weighted by Gasteiger charge is 2.20. The molecule has 0 spiro atoms. The largest absolute Gasteiger partial charge is 0.392 e. The molecule has 7 nitrogen and oxygen atoms in total. The Morgan fingerprint density at radius 2 is 2.17 bits per heavy atom. The van der Waals surface area contributed by atoms with E-state index in [4.69, 9.17) is 5.11 Å². The lowest BCUT2D eigenvalue weighted by Gasteiger charge is -2.06. The van der Waals surface area contributed by atoms with Crippen LogP contribution in [-0.2, 0) is 17.1 Å². The van der Waals surface area contributed by atoms with Gasteiger partial charge in [0, 0.05) is 26.8 Å². The van der Waals surface area contributed by atoms with E-state index in [9.17, 15) is 13.2 Å². The normalized spacial score (nSPS) is 13.3. The average molecular weight is 275 g/mol. The number of nitrogens with one attached hydrogen (secondary N) is 2. The Kier molecular flexibility index (Phi) is 4.49. The van der Waals surface area contributed by atoms with E-state index >= 15 is 0 Å². The van der Waals surface area contributed by atoms with E-state index in [0.29, 0.717) is 0 Å². The molecule has 1 rings (SSSR count). The van der Waals surface area contributed by atoms with E-state index in [1.807, 2.05) is 0 Å². The number of nitrogens with zero attached hydrogens (tertiary/aromatic N) is 1.